The van der Waals surface area contributed by atoms with Crippen molar-refractivity contribution in [3.8, 4) is 11.4 Å². The molecule has 1 saturated carbocycles. The van der Waals surface area contributed by atoms with E-state index in [1.165, 1.54) is 6.07 Å². The van der Waals surface area contributed by atoms with E-state index in [4.69, 9.17) is 0 Å². The van der Waals surface area contributed by atoms with Crippen molar-refractivity contribution in [2.24, 2.45) is 5.92 Å². The molecular weight excluding hydrogens is 464 g/mol. The Bertz CT molecular complexity index is 1230. The van der Waals surface area contributed by atoms with Crippen molar-refractivity contribution >= 4 is 11.7 Å². The molecule has 3 aliphatic rings. The zero-order chi connectivity index (χ0) is 24.7. The molecule has 3 aromatic heterocycles. The molecule has 0 radical (unpaired) electrons. The Kier molecular flexibility index (Phi) is 5.86. The van der Waals surface area contributed by atoms with E-state index in [1.54, 1.807) is 17.2 Å². The number of hydrogen-bond acceptors (Lipinski definition) is 6. The number of pyridine rings is 2. The monoisotopic (exact) mass is 486 g/mol. The lowest BCUT2D eigenvalue weighted by molar-refractivity contribution is -0.137. The SMILES string of the molecule is Cc1cnc(C(=O)N2C[C@@H]3CC[C@H]2[C@H](Nc2ccc(C(F)(F)F)cn2)C3)c(-c2ncc(F)cn2)c1. The van der Waals surface area contributed by atoms with Crippen LogP contribution in [-0.4, -0.2) is 49.4 Å². The molecule has 3 aromatic rings. The zero-order valence-electron chi connectivity index (χ0n) is 18.8. The highest BCUT2D eigenvalue weighted by Gasteiger charge is 2.44. The van der Waals surface area contributed by atoms with E-state index in [1.807, 2.05) is 6.92 Å². The van der Waals surface area contributed by atoms with Crippen LogP contribution in [0.2, 0.25) is 0 Å². The highest BCUT2D eigenvalue weighted by atomic mass is 19.4. The largest absolute Gasteiger partial charge is 0.417 e. The maximum Gasteiger partial charge on any atom is 0.417 e. The van der Waals surface area contributed by atoms with E-state index < -0.39 is 17.6 Å². The Morgan fingerprint density at radius 2 is 1.83 bits per heavy atom. The second-order valence-corrected chi connectivity index (χ2v) is 9.02. The lowest BCUT2D eigenvalue weighted by Gasteiger charge is -2.50. The molecule has 1 aliphatic carbocycles. The third kappa shape index (κ3) is 4.67. The first-order chi connectivity index (χ1) is 16.7. The van der Waals surface area contributed by atoms with Crippen molar-refractivity contribution in [3.05, 3.63) is 65.6 Å². The van der Waals surface area contributed by atoms with Crippen LogP contribution in [-0.2, 0) is 6.18 Å². The van der Waals surface area contributed by atoms with Gasteiger partial charge in [0.25, 0.3) is 5.91 Å². The number of fused-ring (bicyclic) bond motifs is 3. The van der Waals surface area contributed by atoms with Crippen molar-refractivity contribution in [1.82, 2.24) is 24.8 Å². The maximum atomic E-state index is 13.7. The average Bonchev–Trinajstić information content (AvgIpc) is 2.84. The van der Waals surface area contributed by atoms with Crippen molar-refractivity contribution in [3.63, 3.8) is 0 Å². The summed E-state index contributed by atoms with van der Waals surface area (Å²) in [5, 5.41) is 3.23. The van der Waals surface area contributed by atoms with Crippen LogP contribution in [0.5, 0.6) is 0 Å². The number of aromatic nitrogens is 4. The Hall–Kier alpha value is -3.63. The maximum absolute atomic E-state index is 13.7. The summed E-state index contributed by atoms with van der Waals surface area (Å²) in [5.74, 6) is -0.0868. The number of nitrogens with zero attached hydrogens (tertiary/aromatic N) is 5. The third-order valence-corrected chi connectivity index (χ3v) is 6.55. The minimum atomic E-state index is -4.45. The van der Waals surface area contributed by atoms with Crippen LogP contribution in [0.1, 0.15) is 40.9 Å². The third-order valence-electron chi connectivity index (χ3n) is 6.55. The van der Waals surface area contributed by atoms with Gasteiger partial charge in [0, 0.05) is 25.0 Å². The number of rotatable bonds is 4. The molecule has 0 aromatic carbocycles. The van der Waals surface area contributed by atoms with Gasteiger partial charge in [-0.05, 0) is 55.9 Å². The number of hydrogen-bond donors (Lipinski definition) is 1. The molecule has 35 heavy (non-hydrogen) atoms. The minimum absolute atomic E-state index is 0.161. The second kappa shape index (κ2) is 8.86. The standard InChI is InChI=1S/C24H22F4N6O/c1-13-6-17(22-31-10-16(25)11-32-22)21(30-8-13)23(35)34-12-14-2-4-19(34)18(7-14)33-20-5-3-15(9-29-20)24(26,27)28/h3,5-6,8-11,14,18-19H,2,4,7,12H2,1H3,(H,29,33)/t14-,18-,19+/m1/s1. The van der Waals surface area contributed by atoms with E-state index in [0.29, 0.717) is 17.9 Å². The van der Waals surface area contributed by atoms with Crippen LogP contribution >= 0.6 is 0 Å². The van der Waals surface area contributed by atoms with Gasteiger partial charge in [0.15, 0.2) is 11.6 Å². The van der Waals surface area contributed by atoms with Gasteiger partial charge in [-0.3, -0.25) is 9.78 Å². The summed E-state index contributed by atoms with van der Waals surface area (Å²) in [4.78, 5) is 31.8. The van der Waals surface area contributed by atoms with Crippen molar-refractivity contribution in [2.75, 3.05) is 11.9 Å². The predicted molar refractivity (Wildman–Crippen MR) is 119 cm³/mol. The fourth-order valence-electron chi connectivity index (χ4n) is 4.92. The number of anilines is 1. The first-order valence-electron chi connectivity index (χ1n) is 11.2. The minimum Gasteiger partial charge on any atom is -0.365 e. The van der Waals surface area contributed by atoms with E-state index in [2.05, 4.69) is 25.3 Å². The number of carbonyl (C=O) groups excluding carboxylic acids is 1. The van der Waals surface area contributed by atoms with Gasteiger partial charge >= 0.3 is 6.18 Å². The fourth-order valence-corrected chi connectivity index (χ4v) is 4.92. The molecule has 1 N–H and O–H groups in total. The van der Waals surface area contributed by atoms with Gasteiger partial charge in [-0.1, -0.05) is 0 Å². The molecule has 2 aliphatic heterocycles. The Morgan fingerprint density at radius 3 is 2.49 bits per heavy atom. The van der Waals surface area contributed by atoms with E-state index in [0.717, 1.165) is 49.5 Å². The number of piperidine rings is 2. The highest BCUT2D eigenvalue weighted by molar-refractivity contribution is 5.98. The van der Waals surface area contributed by atoms with Crippen LogP contribution < -0.4 is 5.32 Å². The fraction of sp³-hybridized carbons (Fsp3) is 0.375. The lowest BCUT2D eigenvalue weighted by Crippen LogP contribution is -2.60. The molecular formula is C24H22F4N6O. The molecule has 1 amide bonds. The van der Waals surface area contributed by atoms with Gasteiger partial charge < -0.3 is 10.2 Å². The zero-order valence-corrected chi connectivity index (χ0v) is 18.8. The van der Waals surface area contributed by atoms with E-state index in [-0.39, 0.29) is 35.4 Å². The summed E-state index contributed by atoms with van der Waals surface area (Å²) in [7, 11) is 0. The average molecular weight is 486 g/mol. The summed E-state index contributed by atoms with van der Waals surface area (Å²) in [6.45, 7) is 2.38. The van der Waals surface area contributed by atoms with Gasteiger partial charge in [-0.25, -0.2) is 19.3 Å². The van der Waals surface area contributed by atoms with Gasteiger partial charge in [0.05, 0.1) is 29.6 Å². The smallest absolute Gasteiger partial charge is 0.365 e. The van der Waals surface area contributed by atoms with Crippen LogP contribution in [0, 0.1) is 18.7 Å². The van der Waals surface area contributed by atoms with Crippen LogP contribution in [0.25, 0.3) is 11.4 Å². The first kappa shape index (κ1) is 23.1. The highest BCUT2D eigenvalue weighted by Crippen LogP contribution is 2.38. The van der Waals surface area contributed by atoms with Crippen molar-refractivity contribution in [2.45, 2.75) is 44.4 Å². The molecule has 3 atom stereocenters. The number of amides is 1. The molecule has 2 bridgehead atoms. The second-order valence-electron chi connectivity index (χ2n) is 9.02. The van der Waals surface area contributed by atoms with Crippen molar-refractivity contribution < 1.29 is 22.4 Å². The number of halogens is 4. The summed E-state index contributed by atoms with van der Waals surface area (Å²) in [6, 6.07) is 3.71. The van der Waals surface area contributed by atoms with E-state index >= 15 is 0 Å². The molecule has 0 spiro atoms. The molecule has 0 unspecified atom stereocenters. The molecule has 11 heteroatoms. The van der Waals surface area contributed by atoms with Crippen LogP contribution in [0.4, 0.5) is 23.4 Å². The molecule has 3 fully saturated rings. The number of aryl methyl sites for hydroxylation is 1. The number of nitrogens with one attached hydrogen (secondary N) is 1. The summed E-state index contributed by atoms with van der Waals surface area (Å²) in [6.07, 6.45) is 2.52. The molecule has 2 saturated heterocycles. The van der Waals surface area contributed by atoms with Gasteiger partial charge in [-0.2, -0.15) is 13.2 Å². The predicted octanol–water partition coefficient (Wildman–Crippen LogP) is 4.51. The number of carbonyl (C=O) groups is 1. The summed E-state index contributed by atoms with van der Waals surface area (Å²) >= 11 is 0. The Morgan fingerprint density at radius 1 is 1.06 bits per heavy atom. The summed E-state index contributed by atoms with van der Waals surface area (Å²) < 4.78 is 51.9. The normalized spacial score (nSPS) is 21.7. The first-order valence-corrected chi connectivity index (χ1v) is 11.2. The number of alkyl halides is 3. The van der Waals surface area contributed by atoms with E-state index in [9.17, 15) is 22.4 Å². The van der Waals surface area contributed by atoms with Crippen LogP contribution in [0.3, 0.4) is 0 Å². The molecule has 5 heterocycles. The molecule has 182 valence electrons. The van der Waals surface area contributed by atoms with Crippen molar-refractivity contribution in [1.29, 1.82) is 0 Å². The molecule has 7 nitrogen and oxygen atoms in total. The summed E-state index contributed by atoms with van der Waals surface area (Å²) in [5.41, 5.74) is 0.593. The quantitative estimate of drug-likeness (QED) is 0.547. The van der Waals surface area contributed by atoms with Gasteiger partial charge in [-0.15, -0.1) is 0 Å². The lowest BCUT2D eigenvalue weighted by atomic mass is 9.76. The van der Waals surface area contributed by atoms with Gasteiger partial charge in [0.2, 0.25) is 0 Å². The molecule has 6 rings (SSSR count). The van der Waals surface area contributed by atoms with Crippen LogP contribution in [0.15, 0.2) is 43.0 Å². The Labute approximate surface area is 198 Å². The Balaban J connectivity index is 1.40. The van der Waals surface area contributed by atoms with Gasteiger partial charge in [0.1, 0.15) is 11.5 Å². The topological polar surface area (TPSA) is 83.9 Å².